The Hall–Kier alpha value is -1.43. The summed E-state index contributed by atoms with van der Waals surface area (Å²) in [4.78, 5) is 35.2. The average Bonchev–Trinajstić information content (AvgIpc) is 3.10. The highest BCUT2D eigenvalue weighted by Crippen LogP contribution is 2.38. The Labute approximate surface area is 105 Å². The molecule has 1 aliphatic carbocycles. The highest BCUT2D eigenvalue weighted by molar-refractivity contribution is 6.04. The molecule has 6 nitrogen and oxygen atoms in total. The Bertz CT molecular complexity index is 372. The molecule has 1 atom stereocenters. The quantitative estimate of drug-likeness (QED) is 0.642. The second-order valence-corrected chi connectivity index (χ2v) is 5.28. The first-order chi connectivity index (χ1) is 8.40. The van der Waals surface area contributed by atoms with E-state index in [1.165, 1.54) is 0 Å². The maximum Gasteiger partial charge on any atom is 0.240 e. The summed E-state index contributed by atoms with van der Waals surface area (Å²) in [6.07, 6.45) is 2.33. The zero-order chi connectivity index (χ0) is 13.3. The Morgan fingerprint density at radius 1 is 1.39 bits per heavy atom. The summed E-state index contributed by atoms with van der Waals surface area (Å²) in [5, 5.41) is 12.6. The molecule has 18 heavy (non-hydrogen) atoms. The summed E-state index contributed by atoms with van der Waals surface area (Å²) in [6.45, 7) is 1.61. The number of amides is 3. The maximum atomic E-state index is 11.6. The van der Waals surface area contributed by atoms with Crippen molar-refractivity contribution in [2.45, 2.75) is 38.2 Å². The van der Waals surface area contributed by atoms with Gasteiger partial charge < -0.3 is 10.4 Å². The SMILES string of the molecule is CC(O)(CNC(=O)CN1C(=O)CCC1=O)C1CC1. The van der Waals surface area contributed by atoms with E-state index in [4.69, 9.17) is 0 Å². The van der Waals surface area contributed by atoms with Gasteiger partial charge >= 0.3 is 0 Å². The number of nitrogens with one attached hydrogen (secondary N) is 1. The minimum absolute atomic E-state index is 0.159. The number of carbonyl (C=O) groups excluding carboxylic acids is 3. The van der Waals surface area contributed by atoms with Crippen LogP contribution in [0.3, 0.4) is 0 Å². The second kappa shape index (κ2) is 4.68. The fourth-order valence-corrected chi connectivity index (χ4v) is 2.13. The van der Waals surface area contributed by atoms with Crippen LogP contribution in [0, 0.1) is 5.92 Å². The molecule has 6 heteroatoms. The number of hydrogen-bond donors (Lipinski definition) is 2. The summed E-state index contributed by atoms with van der Waals surface area (Å²) in [6, 6.07) is 0. The Kier molecular flexibility index (Phi) is 3.38. The molecule has 0 aromatic carbocycles. The van der Waals surface area contributed by atoms with Crippen molar-refractivity contribution < 1.29 is 19.5 Å². The van der Waals surface area contributed by atoms with E-state index in [1.54, 1.807) is 6.92 Å². The summed E-state index contributed by atoms with van der Waals surface area (Å²) < 4.78 is 0. The van der Waals surface area contributed by atoms with Crippen molar-refractivity contribution >= 4 is 17.7 Å². The van der Waals surface area contributed by atoms with E-state index in [0.29, 0.717) is 0 Å². The van der Waals surface area contributed by atoms with E-state index in [-0.39, 0.29) is 43.7 Å². The first-order valence-corrected chi connectivity index (χ1v) is 6.22. The van der Waals surface area contributed by atoms with Crippen LogP contribution in [0.4, 0.5) is 0 Å². The van der Waals surface area contributed by atoms with Crippen molar-refractivity contribution in [1.29, 1.82) is 0 Å². The van der Waals surface area contributed by atoms with Gasteiger partial charge in [0.1, 0.15) is 6.54 Å². The van der Waals surface area contributed by atoms with Crippen LogP contribution in [0.2, 0.25) is 0 Å². The molecule has 0 aromatic rings. The fourth-order valence-electron chi connectivity index (χ4n) is 2.13. The lowest BCUT2D eigenvalue weighted by Crippen LogP contribution is -2.46. The fraction of sp³-hybridized carbons (Fsp3) is 0.750. The van der Waals surface area contributed by atoms with Crippen molar-refractivity contribution in [3.05, 3.63) is 0 Å². The summed E-state index contributed by atoms with van der Waals surface area (Å²) >= 11 is 0. The van der Waals surface area contributed by atoms with Gasteiger partial charge in [0.2, 0.25) is 17.7 Å². The molecule has 2 aliphatic rings. The number of rotatable bonds is 5. The van der Waals surface area contributed by atoms with Gasteiger partial charge in [0.15, 0.2) is 0 Å². The van der Waals surface area contributed by atoms with E-state index in [1.807, 2.05) is 0 Å². The van der Waals surface area contributed by atoms with Crippen LogP contribution < -0.4 is 5.32 Å². The Morgan fingerprint density at radius 2 is 1.94 bits per heavy atom. The molecule has 1 aliphatic heterocycles. The third-order valence-electron chi connectivity index (χ3n) is 3.56. The molecule has 1 unspecified atom stereocenters. The van der Waals surface area contributed by atoms with Crippen LogP contribution in [-0.2, 0) is 14.4 Å². The van der Waals surface area contributed by atoms with E-state index in [0.717, 1.165) is 17.7 Å². The molecule has 0 bridgehead atoms. The van der Waals surface area contributed by atoms with Crippen LogP contribution >= 0.6 is 0 Å². The lowest BCUT2D eigenvalue weighted by atomic mass is 10.0. The van der Waals surface area contributed by atoms with Gasteiger partial charge in [-0.2, -0.15) is 0 Å². The molecule has 2 rings (SSSR count). The van der Waals surface area contributed by atoms with Crippen LogP contribution in [0.25, 0.3) is 0 Å². The van der Waals surface area contributed by atoms with E-state index >= 15 is 0 Å². The number of imide groups is 1. The van der Waals surface area contributed by atoms with Crippen molar-refractivity contribution in [1.82, 2.24) is 10.2 Å². The van der Waals surface area contributed by atoms with Gasteiger partial charge in [-0.05, 0) is 25.7 Å². The van der Waals surface area contributed by atoms with E-state index < -0.39 is 11.5 Å². The van der Waals surface area contributed by atoms with Crippen molar-refractivity contribution in [2.24, 2.45) is 5.92 Å². The van der Waals surface area contributed by atoms with Crippen molar-refractivity contribution in [2.75, 3.05) is 13.1 Å². The molecule has 1 heterocycles. The van der Waals surface area contributed by atoms with Gasteiger partial charge in [-0.15, -0.1) is 0 Å². The van der Waals surface area contributed by atoms with Gasteiger partial charge in [0.05, 0.1) is 5.60 Å². The summed E-state index contributed by atoms with van der Waals surface area (Å²) in [7, 11) is 0. The maximum absolute atomic E-state index is 11.6. The minimum Gasteiger partial charge on any atom is -0.388 e. The largest absolute Gasteiger partial charge is 0.388 e. The number of likely N-dealkylation sites (tertiary alicyclic amines) is 1. The molecule has 2 N–H and O–H groups in total. The molecule has 2 fully saturated rings. The van der Waals surface area contributed by atoms with Crippen LogP contribution in [0.15, 0.2) is 0 Å². The number of nitrogens with zero attached hydrogens (tertiary/aromatic N) is 1. The van der Waals surface area contributed by atoms with Gasteiger partial charge in [-0.25, -0.2) is 0 Å². The first kappa shape index (κ1) is 13.0. The summed E-state index contributed by atoms with van der Waals surface area (Å²) in [5.74, 6) is -0.763. The van der Waals surface area contributed by atoms with Crippen LogP contribution in [0.1, 0.15) is 32.6 Å². The number of aliphatic hydroxyl groups is 1. The average molecular weight is 254 g/mol. The van der Waals surface area contributed by atoms with Gasteiger partial charge in [-0.1, -0.05) is 0 Å². The Balaban J connectivity index is 1.78. The number of carbonyl (C=O) groups is 3. The summed E-state index contributed by atoms with van der Waals surface area (Å²) in [5.41, 5.74) is -0.894. The lowest BCUT2D eigenvalue weighted by Gasteiger charge is -2.23. The van der Waals surface area contributed by atoms with Crippen LogP contribution in [0.5, 0.6) is 0 Å². The highest BCUT2D eigenvalue weighted by Gasteiger charge is 2.40. The topological polar surface area (TPSA) is 86.7 Å². The molecular formula is C12H18N2O4. The standard InChI is InChI=1S/C12H18N2O4/c1-12(18,8-2-3-8)7-13-9(15)6-14-10(16)4-5-11(14)17/h8,18H,2-7H2,1H3,(H,13,15). The number of hydrogen-bond acceptors (Lipinski definition) is 4. The monoisotopic (exact) mass is 254 g/mol. The zero-order valence-corrected chi connectivity index (χ0v) is 10.4. The molecule has 1 saturated carbocycles. The lowest BCUT2D eigenvalue weighted by molar-refractivity contribution is -0.142. The van der Waals surface area contributed by atoms with Gasteiger partial charge in [0.25, 0.3) is 0 Å². The molecule has 1 saturated heterocycles. The smallest absolute Gasteiger partial charge is 0.240 e. The van der Waals surface area contributed by atoms with Gasteiger partial charge in [-0.3, -0.25) is 19.3 Å². The predicted molar refractivity (Wildman–Crippen MR) is 62.3 cm³/mol. The molecule has 0 aromatic heterocycles. The van der Waals surface area contributed by atoms with Crippen LogP contribution in [-0.4, -0.2) is 46.4 Å². The molecule has 0 spiro atoms. The van der Waals surface area contributed by atoms with Crippen molar-refractivity contribution in [3.8, 4) is 0 Å². The minimum atomic E-state index is -0.894. The first-order valence-electron chi connectivity index (χ1n) is 6.22. The van der Waals surface area contributed by atoms with E-state index in [9.17, 15) is 19.5 Å². The Morgan fingerprint density at radius 3 is 2.44 bits per heavy atom. The molecule has 3 amide bonds. The van der Waals surface area contributed by atoms with Crippen molar-refractivity contribution in [3.63, 3.8) is 0 Å². The van der Waals surface area contributed by atoms with E-state index in [2.05, 4.69) is 5.32 Å². The molecular weight excluding hydrogens is 236 g/mol. The predicted octanol–water partition coefficient (Wildman–Crippen LogP) is -0.587. The highest BCUT2D eigenvalue weighted by atomic mass is 16.3. The normalized spacial score (nSPS) is 23.1. The van der Waals surface area contributed by atoms with Gasteiger partial charge in [0, 0.05) is 19.4 Å². The second-order valence-electron chi connectivity index (χ2n) is 5.28. The molecule has 0 radical (unpaired) electrons. The zero-order valence-electron chi connectivity index (χ0n) is 10.4. The molecule has 100 valence electrons. The third kappa shape index (κ3) is 2.87. The third-order valence-corrected chi connectivity index (χ3v) is 3.56.